The van der Waals surface area contributed by atoms with Gasteiger partial charge in [-0.2, -0.15) is 0 Å². The molecule has 0 amide bonds. The van der Waals surface area contributed by atoms with Crippen LogP contribution in [0.1, 0.15) is 35.3 Å². The van der Waals surface area contributed by atoms with Gasteiger partial charge in [0.05, 0.1) is 5.56 Å². The first-order valence-electron chi connectivity index (χ1n) is 6.54. The van der Waals surface area contributed by atoms with Crippen LogP contribution in [0, 0.1) is 0 Å². The highest BCUT2D eigenvalue weighted by Crippen LogP contribution is 2.25. The molecule has 0 saturated heterocycles. The summed E-state index contributed by atoms with van der Waals surface area (Å²) < 4.78 is 5.62. The molecule has 0 aromatic heterocycles. The molecule has 102 valence electrons. The third-order valence-electron chi connectivity index (χ3n) is 3.20. The molecule has 2 heteroatoms. The van der Waals surface area contributed by atoms with E-state index < -0.39 is 5.60 Å². The summed E-state index contributed by atoms with van der Waals surface area (Å²) in [5.41, 5.74) is 1.83. The van der Waals surface area contributed by atoms with Crippen LogP contribution in [0.4, 0.5) is 0 Å². The van der Waals surface area contributed by atoms with Crippen molar-refractivity contribution in [1.29, 1.82) is 0 Å². The van der Waals surface area contributed by atoms with Crippen molar-refractivity contribution in [3.05, 3.63) is 77.9 Å². The Labute approximate surface area is 119 Å². The quantitative estimate of drug-likeness (QED) is 0.766. The zero-order chi connectivity index (χ0) is 14.6. The third-order valence-corrected chi connectivity index (χ3v) is 3.20. The van der Waals surface area contributed by atoms with Crippen molar-refractivity contribution in [2.45, 2.75) is 19.4 Å². The Bertz CT molecular complexity index is 595. The zero-order valence-electron chi connectivity index (χ0n) is 11.8. The van der Waals surface area contributed by atoms with Crippen LogP contribution in [-0.4, -0.2) is 5.97 Å². The molecule has 0 saturated carbocycles. The van der Waals surface area contributed by atoms with Crippen LogP contribution in [0.25, 0.3) is 6.08 Å². The first kappa shape index (κ1) is 14.1. The fourth-order valence-electron chi connectivity index (χ4n) is 1.94. The molecule has 2 aromatic carbocycles. The third kappa shape index (κ3) is 3.15. The minimum Gasteiger partial charge on any atom is -0.451 e. The molecule has 0 bridgehead atoms. The van der Waals surface area contributed by atoms with E-state index in [1.54, 1.807) is 18.2 Å². The van der Waals surface area contributed by atoms with E-state index in [4.69, 9.17) is 4.74 Å². The summed E-state index contributed by atoms with van der Waals surface area (Å²) in [7, 11) is 0. The number of hydrogen-bond acceptors (Lipinski definition) is 2. The van der Waals surface area contributed by atoms with Gasteiger partial charge >= 0.3 is 5.97 Å². The molecule has 0 heterocycles. The summed E-state index contributed by atoms with van der Waals surface area (Å²) >= 11 is 0. The lowest BCUT2D eigenvalue weighted by molar-refractivity contribution is -0.00312. The summed E-state index contributed by atoms with van der Waals surface area (Å²) in [5, 5.41) is 0. The average Bonchev–Trinajstić information content (AvgIpc) is 2.48. The number of carbonyl (C=O) groups is 1. The minimum atomic E-state index is -0.657. The average molecular weight is 266 g/mol. The maximum Gasteiger partial charge on any atom is 0.338 e. The Hall–Kier alpha value is -2.35. The van der Waals surface area contributed by atoms with E-state index in [1.807, 2.05) is 56.3 Å². The molecule has 0 fully saturated rings. The maximum atomic E-state index is 12.2. The molecular weight excluding hydrogens is 248 g/mol. The molecule has 2 rings (SSSR count). The maximum absolute atomic E-state index is 12.2. The molecule has 0 radical (unpaired) electrons. The lowest BCUT2D eigenvalue weighted by Crippen LogP contribution is -2.25. The van der Waals surface area contributed by atoms with Crippen LogP contribution in [-0.2, 0) is 10.3 Å². The number of rotatable bonds is 4. The van der Waals surface area contributed by atoms with Crippen molar-refractivity contribution in [2.24, 2.45) is 0 Å². The second-order valence-corrected chi connectivity index (χ2v) is 5.09. The normalized spacial score (nSPS) is 10.9. The van der Waals surface area contributed by atoms with Crippen LogP contribution in [0.15, 0.2) is 61.2 Å². The van der Waals surface area contributed by atoms with Crippen LogP contribution in [0.2, 0.25) is 0 Å². The van der Waals surface area contributed by atoms with E-state index in [0.717, 1.165) is 11.1 Å². The number of esters is 1. The highest BCUT2D eigenvalue weighted by molar-refractivity contribution is 5.90. The Balaban J connectivity index is 2.16. The summed E-state index contributed by atoms with van der Waals surface area (Å²) in [5.74, 6) is -0.325. The molecule has 20 heavy (non-hydrogen) atoms. The summed E-state index contributed by atoms with van der Waals surface area (Å²) in [4.78, 5) is 12.2. The zero-order valence-corrected chi connectivity index (χ0v) is 11.8. The van der Waals surface area contributed by atoms with E-state index in [1.165, 1.54) is 0 Å². The highest BCUT2D eigenvalue weighted by atomic mass is 16.6. The van der Waals surface area contributed by atoms with Crippen molar-refractivity contribution < 1.29 is 9.53 Å². The Kier molecular flexibility index (Phi) is 4.04. The Morgan fingerprint density at radius 1 is 1.05 bits per heavy atom. The molecule has 0 N–H and O–H groups in total. The van der Waals surface area contributed by atoms with E-state index in [9.17, 15) is 4.79 Å². The van der Waals surface area contributed by atoms with Gasteiger partial charge in [-0.3, -0.25) is 0 Å². The van der Waals surface area contributed by atoms with E-state index in [0.29, 0.717) is 5.56 Å². The molecule has 0 aliphatic heterocycles. The fourth-order valence-corrected chi connectivity index (χ4v) is 1.94. The molecule has 0 aliphatic rings. The number of ether oxygens (including phenoxy) is 1. The van der Waals surface area contributed by atoms with Crippen LogP contribution in [0.3, 0.4) is 0 Å². The smallest absolute Gasteiger partial charge is 0.338 e. The fraction of sp³-hybridized carbons (Fsp3) is 0.167. The molecular formula is C18H18O2. The van der Waals surface area contributed by atoms with Crippen LogP contribution in [0.5, 0.6) is 0 Å². The minimum absolute atomic E-state index is 0.325. The molecule has 0 atom stereocenters. The topological polar surface area (TPSA) is 26.3 Å². The molecule has 0 unspecified atom stereocenters. The van der Waals surface area contributed by atoms with Gasteiger partial charge in [-0.1, -0.05) is 55.1 Å². The summed E-state index contributed by atoms with van der Waals surface area (Å²) in [6.45, 7) is 7.46. The van der Waals surface area contributed by atoms with Gasteiger partial charge in [-0.25, -0.2) is 4.79 Å². The number of benzene rings is 2. The second kappa shape index (κ2) is 5.74. The molecule has 0 aliphatic carbocycles. The van der Waals surface area contributed by atoms with Crippen molar-refractivity contribution in [3.8, 4) is 0 Å². The van der Waals surface area contributed by atoms with Gasteiger partial charge in [0.15, 0.2) is 0 Å². The lowest BCUT2D eigenvalue weighted by Gasteiger charge is -2.25. The number of hydrogen-bond donors (Lipinski definition) is 0. The van der Waals surface area contributed by atoms with Gasteiger partial charge in [-0.05, 0) is 37.1 Å². The first-order valence-corrected chi connectivity index (χ1v) is 6.54. The SMILES string of the molecule is C=Cc1ccc(C(=O)OC(C)(C)c2ccccc2)cc1. The lowest BCUT2D eigenvalue weighted by atomic mass is 9.98. The number of carbonyl (C=O) groups excluding carboxylic acids is 1. The van der Waals surface area contributed by atoms with Gasteiger partial charge < -0.3 is 4.74 Å². The van der Waals surface area contributed by atoms with Crippen molar-refractivity contribution in [3.63, 3.8) is 0 Å². The van der Waals surface area contributed by atoms with Gasteiger partial charge in [-0.15, -0.1) is 0 Å². The van der Waals surface area contributed by atoms with Crippen molar-refractivity contribution in [1.82, 2.24) is 0 Å². The Morgan fingerprint density at radius 2 is 1.65 bits per heavy atom. The second-order valence-electron chi connectivity index (χ2n) is 5.09. The predicted molar refractivity (Wildman–Crippen MR) is 81.4 cm³/mol. The van der Waals surface area contributed by atoms with Gasteiger partial charge in [0, 0.05) is 0 Å². The molecule has 0 spiro atoms. The Morgan fingerprint density at radius 3 is 2.20 bits per heavy atom. The van der Waals surface area contributed by atoms with Gasteiger partial charge in [0.2, 0.25) is 0 Å². The van der Waals surface area contributed by atoms with E-state index >= 15 is 0 Å². The van der Waals surface area contributed by atoms with E-state index in [2.05, 4.69) is 6.58 Å². The molecule has 2 aromatic rings. The predicted octanol–water partition coefficient (Wildman–Crippen LogP) is 4.42. The van der Waals surface area contributed by atoms with Crippen molar-refractivity contribution >= 4 is 12.0 Å². The van der Waals surface area contributed by atoms with Gasteiger partial charge in [0.25, 0.3) is 0 Å². The largest absolute Gasteiger partial charge is 0.451 e. The molecule has 2 nitrogen and oxygen atoms in total. The van der Waals surface area contributed by atoms with Gasteiger partial charge in [0.1, 0.15) is 5.60 Å². The standard InChI is InChI=1S/C18H18O2/c1-4-14-10-12-15(13-11-14)17(19)20-18(2,3)16-8-6-5-7-9-16/h4-13H,1H2,2-3H3. The highest BCUT2D eigenvalue weighted by Gasteiger charge is 2.25. The van der Waals surface area contributed by atoms with Crippen LogP contribution < -0.4 is 0 Å². The van der Waals surface area contributed by atoms with E-state index in [-0.39, 0.29) is 5.97 Å². The van der Waals surface area contributed by atoms with Crippen LogP contribution >= 0.6 is 0 Å². The van der Waals surface area contributed by atoms with Crippen molar-refractivity contribution in [2.75, 3.05) is 0 Å². The monoisotopic (exact) mass is 266 g/mol. The first-order chi connectivity index (χ1) is 9.53. The summed E-state index contributed by atoms with van der Waals surface area (Å²) in [6.07, 6.45) is 1.74. The summed E-state index contributed by atoms with van der Waals surface area (Å²) in [6, 6.07) is 16.9.